The molecule has 2 rings (SSSR count). The van der Waals surface area contributed by atoms with E-state index in [0.717, 1.165) is 13.1 Å². The molecule has 0 bridgehead atoms. The maximum atomic E-state index is 12.5. The summed E-state index contributed by atoms with van der Waals surface area (Å²) in [4.78, 5) is 32.4. The highest BCUT2D eigenvalue weighted by molar-refractivity contribution is 5.86. The summed E-state index contributed by atoms with van der Waals surface area (Å²) in [5.74, 6) is 0.551. The van der Waals surface area contributed by atoms with Gasteiger partial charge in [0.05, 0.1) is 6.54 Å². The van der Waals surface area contributed by atoms with Crippen molar-refractivity contribution in [2.24, 2.45) is 4.99 Å². The molecule has 1 aliphatic heterocycles. The zero-order valence-corrected chi connectivity index (χ0v) is 18.4. The van der Waals surface area contributed by atoms with E-state index >= 15 is 0 Å². The summed E-state index contributed by atoms with van der Waals surface area (Å²) in [5, 5.41) is 8.76. The molecule has 1 heterocycles. The molecule has 30 heavy (non-hydrogen) atoms. The highest BCUT2D eigenvalue weighted by Crippen LogP contribution is 2.15. The summed E-state index contributed by atoms with van der Waals surface area (Å²) in [6.45, 7) is 9.48. The molecule has 3 N–H and O–H groups in total. The first-order valence-corrected chi connectivity index (χ1v) is 10.3. The summed E-state index contributed by atoms with van der Waals surface area (Å²) in [6.07, 6.45) is -0.461. The van der Waals surface area contributed by atoms with Gasteiger partial charge in [0.2, 0.25) is 5.91 Å². The number of hydrogen-bond donors (Lipinski definition) is 3. The van der Waals surface area contributed by atoms with Crippen LogP contribution >= 0.6 is 0 Å². The standard InChI is InChI=1S/C21H34N6O3/c1-21(2,3)30-20(29)24-11-10-23-19(22-4)25-16-18(28)27-14-12-26(13-15-27)17-8-6-5-7-9-17/h5-9H,10-16H2,1-4H3,(H,24,29)(H2,22,23,25). The van der Waals surface area contributed by atoms with Crippen LogP contribution in [0.2, 0.25) is 0 Å². The van der Waals surface area contributed by atoms with Crippen molar-refractivity contribution < 1.29 is 14.3 Å². The lowest BCUT2D eigenvalue weighted by Gasteiger charge is -2.36. The number of benzene rings is 1. The number of rotatable bonds is 6. The highest BCUT2D eigenvalue weighted by Gasteiger charge is 2.21. The van der Waals surface area contributed by atoms with E-state index in [1.165, 1.54) is 5.69 Å². The van der Waals surface area contributed by atoms with Crippen LogP contribution < -0.4 is 20.9 Å². The van der Waals surface area contributed by atoms with E-state index in [-0.39, 0.29) is 12.5 Å². The average Bonchev–Trinajstić information content (AvgIpc) is 2.72. The Morgan fingerprint density at radius 1 is 1.00 bits per heavy atom. The first kappa shape index (κ1) is 23.3. The smallest absolute Gasteiger partial charge is 0.407 e. The Hall–Kier alpha value is -2.97. The number of nitrogens with one attached hydrogen (secondary N) is 3. The lowest BCUT2D eigenvalue weighted by Crippen LogP contribution is -2.52. The predicted octanol–water partition coefficient (Wildman–Crippen LogP) is 1.02. The Morgan fingerprint density at radius 3 is 2.23 bits per heavy atom. The molecule has 1 aromatic rings. The van der Waals surface area contributed by atoms with Gasteiger partial charge in [-0.1, -0.05) is 18.2 Å². The van der Waals surface area contributed by atoms with Gasteiger partial charge in [-0.15, -0.1) is 0 Å². The number of carbonyl (C=O) groups excluding carboxylic acids is 2. The van der Waals surface area contributed by atoms with Crippen LogP contribution in [0.25, 0.3) is 0 Å². The van der Waals surface area contributed by atoms with Gasteiger partial charge in [0.1, 0.15) is 5.60 Å². The van der Waals surface area contributed by atoms with Crippen molar-refractivity contribution in [1.29, 1.82) is 0 Å². The highest BCUT2D eigenvalue weighted by atomic mass is 16.6. The summed E-state index contributed by atoms with van der Waals surface area (Å²) in [7, 11) is 1.64. The molecule has 0 unspecified atom stereocenters. The molecule has 1 saturated heterocycles. The third-order valence-corrected chi connectivity index (χ3v) is 4.47. The van der Waals surface area contributed by atoms with E-state index < -0.39 is 11.7 Å². The first-order valence-electron chi connectivity index (χ1n) is 10.3. The number of para-hydroxylation sites is 1. The average molecular weight is 419 g/mol. The zero-order valence-electron chi connectivity index (χ0n) is 18.4. The Balaban J connectivity index is 1.64. The number of alkyl carbamates (subject to hydrolysis) is 1. The van der Waals surface area contributed by atoms with Crippen LogP contribution in [-0.2, 0) is 9.53 Å². The molecule has 0 aliphatic carbocycles. The lowest BCUT2D eigenvalue weighted by molar-refractivity contribution is -0.130. The van der Waals surface area contributed by atoms with E-state index in [0.29, 0.717) is 32.1 Å². The monoisotopic (exact) mass is 418 g/mol. The third kappa shape index (κ3) is 8.18. The van der Waals surface area contributed by atoms with Crippen molar-refractivity contribution in [1.82, 2.24) is 20.9 Å². The molecule has 1 aliphatic rings. The lowest BCUT2D eigenvalue weighted by atomic mass is 10.2. The molecule has 0 saturated carbocycles. The molecule has 0 atom stereocenters. The third-order valence-electron chi connectivity index (χ3n) is 4.47. The molecular weight excluding hydrogens is 384 g/mol. The maximum absolute atomic E-state index is 12.5. The molecule has 0 radical (unpaired) electrons. The molecule has 0 aromatic heterocycles. The van der Waals surface area contributed by atoms with Crippen molar-refractivity contribution in [2.45, 2.75) is 26.4 Å². The quantitative estimate of drug-likeness (QED) is 0.363. The van der Waals surface area contributed by atoms with Gasteiger partial charge in [-0.25, -0.2) is 4.79 Å². The zero-order chi connectivity index (χ0) is 22.0. The van der Waals surface area contributed by atoms with E-state index in [4.69, 9.17) is 4.74 Å². The van der Waals surface area contributed by atoms with Gasteiger partial charge in [-0.3, -0.25) is 9.79 Å². The van der Waals surface area contributed by atoms with Crippen molar-refractivity contribution >= 4 is 23.6 Å². The largest absolute Gasteiger partial charge is 0.444 e. The molecule has 166 valence electrons. The minimum atomic E-state index is -0.526. The van der Waals surface area contributed by atoms with Crippen LogP contribution in [-0.4, -0.2) is 81.3 Å². The van der Waals surface area contributed by atoms with Crippen molar-refractivity contribution in [3.8, 4) is 0 Å². The number of guanidine groups is 1. The number of nitrogens with zero attached hydrogens (tertiary/aromatic N) is 3. The molecular formula is C21H34N6O3. The fourth-order valence-corrected chi connectivity index (χ4v) is 3.00. The first-order chi connectivity index (χ1) is 14.3. The van der Waals surface area contributed by atoms with Gasteiger partial charge in [0.15, 0.2) is 5.96 Å². The van der Waals surface area contributed by atoms with Crippen LogP contribution in [0.5, 0.6) is 0 Å². The summed E-state index contributed by atoms with van der Waals surface area (Å²) >= 11 is 0. The number of hydrogen-bond acceptors (Lipinski definition) is 5. The summed E-state index contributed by atoms with van der Waals surface area (Å²) < 4.78 is 5.18. The predicted molar refractivity (Wildman–Crippen MR) is 119 cm³/mol. The van der Waals surface area contributed by atoms with E-state index in [1.54, 1.807) is 7.05 Å². The van der Waals surface area contributed by atoms with Crippen LogP contribution in [0.3, 0.4) is 0 Å². The van der Waals surface area contributed by atoms with Gasteiger partial charge in [-0.2, -0.15) is 0 Å². The Kier molecular flexibility index (Phi) is 8.76. The normalized spacial score (nSPS) is 14.9. The second kappa shape index (κ2) is 11.3. The van der Waals surface area contributed by atoms with Crippen LogP contribution in [0, 0.1) is 0 Å². The fraction of sp³-hybridized carbons (Fsp3) is 0.571. The van der Waals surface area contributed by atoms with Gasteiger partial charge in [-0.05, 0) is 32.9 Å². The number of aliphatic imine (C=N–C) groups is 1. The Bertz CT molecular complexity index is 709. The molecule has 1 fully saturated rings. The number of carbonyl (C=O) groups is 2. The number of amides is 2. The Morgan fingerprint density at radius 2 is 1.63 bits per heavy atom. The van der Waals surface area contributed by atoms with E-state index in [1.807, 2.05) is 43.9 Å². The van der Waals surface area contributed by atoms with E-state index in [2.05, 4.69) is 38.0 Å². The SMILES string of the molecule is CN=C(NCCNC(=O)OC(C)(C)C)NCC(=O)N1CCN(c2ccccc2)CC1. The van der Waals surface area contributed by atoms with Crippen LogP contribution in [0.4, 0.5) is 10.5 Å². The topological polar surface area (TPSA) is 98.3 Å². The second-order valence-electron chi connectivity index (χ2n) is 7.98. The van der Waals surface area contributed by atoms with Crippen molar-refractivity contribution in [3.63, 3.8) is 0 Å². The Labute approximate surface area is 178 Å². The second-order valence-corrected chi connectivity index (χ2v) is 7.98. The van der Waals surface area contributed by atoms with Crippen molar-refractivity contribution in [2.75, 3.05) is 57.8 Å². The van der Waals surface area contributed by atoms with Gasteiger partial charge < -0.3 is 30.5 Å². The minimum Gasteiger partial charge on any atom is -0.444 e. The minimum absolute atomic E-state index is 0.0394. The molecule has 1 aromatic carbocycles. The van der Waals surface area contributed by atoms with Gasteiger partial charge in [0.25, 0.3) is 0 Å². The van der Waals surface area contributed by atoms with Crippen molar-refractivity contribution in [3.05, 3.63) is 30.3 Å². The van der Waals surface area contributed by atoms with Gasteiger partial charge in [0, 0.05) is 52.0 Å². The summed E-state index contributed by atoms with van der Waals surface area (Å²) in [5.41, 5.74) is 0.662. The number of anilines is 1. The molecule has 9 heteroatoms. The van der Waals surface area contributed by atoms with Crippen LogP contribution in [0.1, 0.15) is 20.8 Å². The van der Waals surface area contributed by atoms with Crippen LogP contribution in [0.15, 0.2) is 35.3 Å². The number of piperazine rings is 1. The molecule has 0 spiro atoms. The summed E-state index contributed by atoms with van der Waals surface area (Å²) in [6, 6.07) is 10.2. The molecule has 9 nitrogen and oxygen atoms in total. The van der Waals surface area contributed by atoms with Gasteiger partial charge >= 0.3 is 6.09 Å². The maximum Gasteiger partial charge on any atom is 0.407 e. The fourth-order valence-electron chi connectivity index (χ4n) is 3.00. The number of ether oxygens (including phenoxy) is 1. The molecule has 2 amide bonds. The van der Waals surface area contributed by atoms with E-state index in [9.17, 15) is 9.59 Å².